The maximum absolute atomic E-state index is 12.5. The van der Waals surface area contributed by atoms with E-state index in [1.807, 2.05) is 38.1 Å². The Morgan fingerprint density at radius 1 is 1.26 bits per heavy atom. The molecule has 1 heterocycles. The minimum Gasteiger partial charge on any atom is -0.358 e. The van der Waals surface area contributed by atoms with E-state index in [-0.39, 0.29) is 17.9 Å². The predicted octanol–water partition coefficient (Wildman–Crippen LogP) is 2.94. The first-order valence-corrected chi connectivity index (χ1v) is 9.25. The van der Waals surface area contributed by atoms with E-state index in [1.165, 1.54) is 6.33 Å². The van der Waals surface area contributed by atoms with E-state index in [1.54, 1.807) is 11.8 Å². The second kappa shape index (κ2) is 8.72. The van der Waals surface area contributed by atoms with Gasteiger partial charge < -0.3 is 10.6 Å². The molecule has 2 aromatic rings. The largest absolute Gasteiger partial charge is 0.358 e. The van der Waals surface area contributed by atoms with Crippen molar-refractivity contribution in [3.63, 3.8) is 0 Å². The normalized spacial score (nSPS) is 12.3. The van der Waals surface area contributed by atoms with Crippen molar-refractivity contribution in [1.82, 2.24) is 15.3 Å². The van der Waals surface area contributed by atoms with Crippen LogP contribution in [0.25, 0.3) is 10.9 Å². The number of thioether (sulfide) groups is 1. The van der Waals surface area contributed by atoms with Crippen molar-refractivity contribution in [3.05, 3.63) is 30.6 Å². The van der Waals surface area contributed by atoms with Crippen LogP contribution in [0.5, 0.6) is 0 Å². The van der Waals surface area contributed by atoms with Crippen molar-refractivity contribution in [2.75, 3.05) is 23.9 Å². The van der Waals surface area contributed by atoms with Crippen LogP contribution in [0, 0.1) is 5.92 Å². The number of aromatic nitrogens is 2. The summed E-state index contributed by atoms with van der Waals surface area (Å²) < 4.78 is 0. The van der Waals surface area contributed by atoms with Gasteiger partial charge in [0, 0.05) is 11.9 Å². The third-order valence-corrected chi connectivity index (χ3v) is 4.31. The molecule has 0 saturated heterocycles. The van der Waals surface area contributed by atoms with E-state index in [4.69, 9.17) is 0 Å². The van der Waals surface area contributed by atoms with Crippen LogP contribution in [0.2, 0.25) is 0 Å². The predicted molar refractivity (Wildman–Crippen MR) is 97.8 cm³/mol. The van der Waals surface area contributed by atoms with Crippen molar-refractivity contribution in [1.29, 1.82) is 0 Å². The number of rotatable bonds is 8. The number of anilines is 1. The molecule has 0 unspecified atom stereocenters. The van der Waals surface area contributed by atoms with Crippen LogP contribution < -0.4 is 10.6 Å². The van der Waals surface area contributed by atoms with Crippen LogP contribution >= 0.6 is 11.8 Å². The highest BCUT2D eigenvalue weighted by Crippen LogP contribution is 2.20. The number of nitrogens with zero attached hydrogens (tertiary/aromatic N) is 2. The van der Waals surface area contributed by atoms with Gasteiger partial charge in [-0.3, -0.25) is 4.79 Å². The number of benzene rings is 1. The van der Waals surface area contributed by atoms with Gasteiger partial charge in [-0.15, -0.1) is 0 Å². The molecule has 0 saturated carbocycles. The highest BCUT2D eigenvalue weighted by molar-refractivity contribution is 7.98. The first-order chi connectivity index (χ1) is 11.1. The van der Waals surface area contributed by atoms with Gasteiger partial charge in [0.05, 0.1) is 5.52 Å². The summed E-state index contributed by atoms with van der Waals surface area (Å²) in [6.07, 6.45) is 4.58. The Bertz CT molecular complexity index is 642. The molecule has 0 aliphatic carbocycles. The summed E-state index contributed by atoms with van der Waals surface area (Å²) in [5.41, 5.74) is 0.868. The van der Waals surface area contributed by atoms with Crippen LogP contribution in [0.3, 0.4) is 0 Å². The quantitative estimate of drug-likeness (QED) is 0.728. The third-order valence-electron chi connectivity index (χ3n) is 3.61. The molecule has 0 aliphatic heterocycles. The van der Waals surface area contributed by atoms with E-state index in [0.29, 0.717) is 12.4 Å². The average Bonchev–Trinajstić information content (AvgIpc) is 2.56. The zero-order chi connectivity index (χ0) is 16.7. The monoisotopic (exact) mass is 332 g/mol. The lowest BCUT2D eigenvalue weighted by atomic mass is 10.0. The van der Waals surface area contributed by atoms with Crippen LogP contribution in [0.4, 0.5) is 5.82 Å². The molecule has 2 N–H and O–H groups in total. The van der Waals surface area contributed by atoms with Crippen molar-refractivity contribution >= 4 is 34.4 Å². The fraction of sp³-hybridized carbons (Fsp3) is 0.471. The Morgan fingerprint density at radius 3 is 2.78 bits per heavy atom. The molecule has 0 bridgehead atoms. The minimum absolute atomic E-state index is 0.0174. The molecule has 6 heteroatoms. The molecule has 0 spiro atoms. The van der Waals surface area contributed by atoms with Crippen molar-refractivity contribution in [2.24, 2.45) is 5.92 Å². The molecule has 0 aliphatic rings. The van der Waals surface area contributed by atoms with Gasteiger partial charge in [0.1, 0.15) is 18.2 Å². The fourth-order valence-electron chi connectivity index (χ4n) is 2.34. The van der Waals surface area contributed by atoms with Gasteiger partial charge in [0.2, 0.25) is 5.91 Å². The second-order valence-corrected chi connectivity index (χ2v) is 6.73. The summed E-state index contributed by atoms with van der Waals surface area (Å²) in [6.45, 7) is 4.76. The topological polar surface area (TPSA) is 66.9 Å². The lowest BCUT2D eigenvalue weighted by Gasteiger charge is -2.22. The number of hydrogen-bond acceptors (Lipinski definition) is 5. The van der Waals surface area contributed by atoms with Crippen molar-refractivity contribution in [3.8, 4) is 0 Å². The zero-order valence-electron chi connectivity index (χ0n) is 13.9. The first-order valence-electron chi connectivity index (χ1n) is 7.86. The highest BCUT2D eigenvalue weighted by Gasteiger charge is 2.22. The standard InChI is InChI=1S/C17H24N4OS/c1-12(2)15(17(22)18-9-6-10-23-3)21-16-13-7-4-5-8-14(13)19-11-20-16/h4-5,7-8,11-12,15H,6,9-10H2,1-3H3,(H,18,22)(H,19,20,21)/t15-/m1/s1. The summed E-state index contributed by atoms with van der Waals surface area (Å²) in [6, 6.07) is 7.48. The van der Waals surface area contributed by atoms with E-state index in [9.17, 15) is 4.79 Å². The minimum atomic E-state index is -0.317. The number of amides is 1. The highest BCUT2D eigenvalue weighted by atomic mass is 32.2. The number of carbonyl (C=O) groups is 1. The average molecular weight is 332 g/mol. The van der Waals surface area contributed by atoms with E-state index in [0.717, 1.165) is 23.1 Å². The zero-order valence-corrected chi connectivity index (χ0v) is 14.7. The van der Waals surface area contributed by atoms with Crippen molar-refractivity contribution < 1.29 is 4.79 Å². The number of carbonyl (C=O) groups excluding carboxylic acids is 1. The molecule has 1 aromatic heterocycles. The lowest BCUT2D eigenvalue weighted by Crippen LogP contribution is -2.43. The molecule has 1 atom stereocenters. The van der Waals surface area contributed by atoms with Gasteiger partial charge in [0.15, 0.2) is 0 Å². The summed E-state index contributed by atoms with van der Waals surface area (Å²) in [4.78, 5) is 21.0. The van der Waals surface area contributed by atoms with Crippen LogP contribution in [0.1, 0.15) is 20.3 Å². The molecule has 0 fully saturated rings. The van der Waals surface area contributed by atoms with Gasteiger partial charge in [-0.05, 0) is 36.5 Å². The lowest BCUT2D eigenvalue weighted by molar-refractivity contribution is -0.122. The van der Waals surface area contributed by atoms with Gasteiger partial charge in [-0.25, -0.2) is 9.97 Å². The van der Waals surface area contributed by atoms with E-state index in [2.05, 4.69) is 26.9 Å². The Hall–Kier alpha value is -1.82. The van der Waals surface area contributed by atoms with Gasteiger partial charge in [0.25, 0.3) is 0 Å². The van der Waals surface area contributed by atoms with E-state index >= 15 is 0 Å². The molecule has 2 rings (SSSR count). The maximum Gasteiger partial charge on any atom is 0.242 e. The maximum atomic E-state index is 12.5. The number of para-hydroxylation sites is 1. The SMILES string of the molecule is CSCCCNC(=O)[C@H](Nc1ncnc2ccccc12)C(C)C. The Labute approximate surface area is 141 Å². The summed E-state index contributed by atoms with van der Waals surface area (Å²) in [5.74, 6) is 1.93. The molecule has 5 nitrogen and oxygen atoms in total. The molecule has 1 aromatic carbocycles. The Balaban J connectivity index is 2.10. The molecule has 23 heavy (non-hydrogen) atoms. The smallest absolute Gasteiger partial charge is 0.242 e. The third kappa shape index (κ3) is 4.82. The molecular weight excluding hydrogens is 308 g/mol. The van der Waals surface area contributed by atoms with E-state index < -0.39 is 0 Å². The number of fused-ring (bicyclic) bond motifs is 1. The van der Waals surface area contributed by atoms with Crippen molar-refractivity contribution in [2.45, 2.75) is 26.3 Å². The van der Waals surface area contributed by atoms with Gasteiger partial charge in [-0.1, -0.05) is 26.0 Å². The van der Waals surface area contributed by atoms with Crippen LogP contribution in [-0.2, 0) is 4.79 Å². The van der Waals surface area contributed by atoms with Crippen LogP contribution in [-0.4, -0.2) is 40.5 Å². The molecule has 124 valence electrons. The summed E-state index contributed by atoms with van der Waals surface area (Å²) in [7, 11) is 0. The molecule has 1 amide bonds. The summed E-state index contributed by atoms with van der Waals surface area (Å²) in [5, 5.41) is 7.23. The Kier molecular flexibility index (Phi) is 6.65. The first kappa shape index (κ1) is 17.5. The van der Waals surface area contributed by atoms with Crippen LogP contribution in [0.15, 0.2) is 30.6 Å². The second-order valence-electron chi connectivity index (χ2n) is 5.74. The number of nitrogens with one attached hydrogen (secondary N) is 2. The molecule has 0 radical (unpaired) electrons. The molecular formula is C17H24N4OS. The number of hydrogen-bond donors (Lipinski definition) is 2. The van der Waals surface area contributed by atoms with Gasteiger partial charge in [-0.2, -0.15) is 11.8 Å². The Morgan fingerprint density at radius 2 is 2.04 bits per heavy atom. The van der Waals surface area contributed by atoms with Gasteiger partial charge >= 0.3 is 0 Å². The summed E-state index contributed by atoms with van der Waals surface area (Å²) >= 11 is 1.79. The fourth-order valence-corrected chi connectivity index (χ4v) is 2.77.